The zero-order chi connectivity index (χ0) is 18.4. The van der Waals surface area contributed by atoms with Crippen molar-refractivity contribution in [3.8, 4) is 0 Å². The molecule has 3 heterocycles. The minimum absolute atomic E-state index is 0.0433. The highest BCUT2D eigenvalue weighted by Crippen LogP contribution is 2.44. The zero-order valence-electron chi connectivity index (χ0n) is 15.4. The summed E-state index contributed by atoms with van der Waals surface area (Å²) in [5.41, 5.74) is 4.18. The summed E-state index contributed by atoms with van der Waals surface area (Å²) in [6, 6.07) is 7.53. The van der Waals surface area contributed by atoms with E-state index in [0.29, 0.717) is 12.0 Å². The molecule has 0 bridgehead atoms. The van der Waals surface area contributed by atoms with Crippen LogP contribution in [0, 0.1) is 0 Å². The number of benzene rings is 1. The monoisotopic (exact) mass is 364 g/mol. The number of carbonyl (C=O) groups excluding carboxylic acids is 2. The third kappa shape index (κ3) is 2.66. The fourth-order valence-corrected chi connectivity index (χ4v) is 5.06. The normalized spacial score (nSPS) is 24.7. The summed E-state index contributed by atoms with van der Waals surface area (Å²) in [4.78, 5) is 28.8. The Kier molecular flexibility index (Phi) is 3.81. The molecule has 1 aromatic carbocycles. The molecule has 5 rings (SSSR count). The van der Waals surface area contributed by atoms with Gasteiger partial charge >= 0.3 is 0 Å². The van der Waals surface area contributed by atoms with Gasteiger partial charge < -0.3 is 9.80 Å². The van der Waals surface area contributed by atoms with E-state index in [1.807, 2.05) is 40.3 Å². The van der Waals surface area contributed by atoms with E-state index >= 15 is 0 Å². The summed E-state index contributed by atoms with van der Waals surface area (Å²) in [5.74, 6) is 0.255. The largest absolute Gasteiger partial charge is 0.338 e. The van der Waals surface area contributed by atoms with E-state index in [4.69, 9.17) is 0 Å². The standard InChI is InChI=1S/C21H24N4O2/c26-18-3-1-12-25(18)17-6-4-15(5-7-17)20(27)24-11-2-9-21(14-24)10-8-16-13-22-23-19(16)21/h4-7,13H,1-3,8-12,14H2,(H,22,23). The van der Waals surface area contributed by atoms with Gasteiger partial charge in [0.25, 0.3) is 5.91 Å². The first-order chi connectivity index (χ1) is 13.2. The summed E-state index contributed by atoms with van der Waals surface area (Å²) in [5, 5.41) is 7.41. The number of H-pyrrole nitrogens is 1. The van der Waals surface area contributed by atoms with Gasteiger partial charge in [-0.05, 0) is 61.9 Å². The summed E-state index contributed by atoms with van der Waals surface area (Å²) in [6.45, 7) is 2.33. The second-order valence-corrected chi connectivity index (χ2v) is 8.08. The average molecular weight is 364 g/mol. The van der Waals surface area contributed by atoms with Crippen molar-refractivity contribution in [2.45, 2.75) is 43.9 Å². The van der Waals surface area contributed by atoms with E-state index in [-0.39, 0.29) is 17.2 Å². The maximum atomic E-state index is 13.1. The third-order valence-corrected chi connectivity index (χ3v) is 6.48. The van der Waals surface area contributed by atoms with Crippen molar-refractivity contribution in [2.24, 2.45) is 0 Å². The molecule has 2 saturated heterocycles. The van der Waals surface area contributed by atoms with Crippen molar-refractivity contribution in [3.05, 3.63) is 47.3 Å². The Labute approximate surface area is 158 Å². The maximum Gasteiger partial charge on any atom is 0.253 e. The van der Waals surface area contributed by atoms with Gasteiger partial charge in [-0.15, -0.1) is 0 Å². The molecule has 3 aliphatic rings. The summed E-state index contributed by atoms with van der Waals surface area (Å²) < 4.78 is 0. The Bertz CT molecular complexity index is 888. The lowest BCUT2D eigenvalue weighted by molar-refractivity contribution is -0.117. The zero-order valence-corrected chi connectivity index (χ0v) is 15.4. The fraction of sp³-hybridized carbons (Fsp3) is 0.476. The minimum atomic E-state index is 0.0433. The van der Waals surface area contributed by atoms with Crippen LogP contribution in [-0.4, -0.2) is 46.5 Å². The first-order valence-electron chi connectivity index (χ1n) is 9.89. The number of nitrogens with one attached hydrogen (secondary N) is 1. The fourth-order valence-electron chi connectivity index (χ4n) is 5.06. The molecule has 6 nitrogen and oxygen atoms in total. The van der Waals surface area contributed by atoms with Crippen molar-refractivity contribution in [1.82, 2.24) is 15.1 Å². The molecule has 1 spiro atoms. The van der Waals surface area contributed by atoms with Crippen LogP contribution in [0.2, 0.25) is 0 Å². The highest BCUT2D eigenvalue weighted by Gasteiger charge is 2.44. The molecule has 140 valence electrons. The Morgan fingerprint density at radius 3 is 2.70 bits per heavy atom. The van der Waals surface area contributed by atoms with Crippen LogP contribution in [0.5, 0.6) is 0 Å². The van der Waals surface area contributed by atoms with Gasteiger partial charge in [-0.3, -0.25) is 14.7 Å². The van der Waals surface area contributed by atoms with Gasteiger partial charge in [0.05, 0.1) is 6.20 Å². The molecule has 1 aliphatic carbocycles. The van der Waals surface area contributed by atoms with E-state index in [0.717, 1.165) is 57.4 Å². The van der Waals surface area contributed by atoms with Gasteiger partial charge in [-0.2, -0.15) is 5.10 Å². The third-order valence-electron chi connectivity index (χ3n) is 6.48. The van der Waals surface area contributed by atoms with Gasteiger partial charge in [-0.25, -0.2) is 0 Å². The maximum absolute atomic E-state index is 13.1. The molecule has 27 heavy (non-hydrogen) atoms. The molecular formula is C21H24N4O2. The van der Waals surface area contributed by atoms with E-state index in [9.17, 15) is 9.59 Å². The molecular weight excluding hydrogens is 340 g/mol. The van der Waals surface area contributed by atoms with E-state index in [1.54, 1.807) is 0 Å². The molecule has 1 N–H and O–H groups in total. The molecule has 2 aliphatic heterocycles. The smallest absolute Gasteiger partial charge is 0.253 e. The first kappa shape index (κ1) is 16.5. The van der Waals surface area contributed by atoms with Crippen LogP contribution in [0.1, 0.15) is 53.7 Å². The second-order valence-electron chi connectivity index (χ2n) is 8.08. The number of piperidine rings is 1. The molecule has 2 fully saturated rings. The van der Waals surface area contributed by atoms with Crippen LogP contribution >= 0.6 is 0 Å². The van der Waals surface area contributed by atoms with Gasteiger partial charge in [-0.1, -0.05) is 0 Å². The lowest BCUT2D eigenvalue weighted by Gasteiger charge is -2.40. The number of rotatable bonds is 2. The highest BCUT2D eigenvalue weighted by molar-refractivity contribution is 5.97. The summed E-state index contributed by atoms with van der Waals surface area (Å²) in [7, 11) is 0. The summed E-state index contributed by atoms with van der Waals surface area (Å²) >= 11 is 0. The SMILES string of the molecule is O=C(c1ccc(N2CCCC2=O)cc1)N1CCCC2(CCc3cn[nH]c32)C1. The van der Waals surface area contributed by atoms with Crippen molar-refractivity contribution in [3.63, 3.8) is 0 Å². The quantitative estimate of drug-likeness (QED) is 0.891. The molecule has 0 saturated carbocycles. The van der Waals surface area contributed by atoms with Crippen LogP contribution in [0.4, 0.5) is 5.69 Å². The van der Waals surface area contributed by atoms with Crippen LogP contribution in [0.25, 0.3) is 0 Å². The Morgan fingerprint density at radius 2 is 1.93 bits per heavy atom. The van der Waals surface area contributed by atoms with Gasteiger partial charge in [0.2, 0.25) is 5.91 Å². The first-order valence-corrected chi connectivity index (χ1v) is 9.89. The Balaban J connectivity index is 1.34. The van der Waals surface area contributed by atoms with Crippen molar-refractivity contribution in [1.29, 1.82) is 0 Å². The number of hydrogen-bond acceptors (Lipinski definition) is 3. The molecule has 1 atom stereocenters. The van der Waals surface area contributed by atoms with E-state index in [1.165, 1.54) is 11.3 Å². The number of carbonyl (C=O) groups is 2. The van der Waals surface area contributed by atoms with Crippen molar-refractivity contribution < 1.29 is 9.59 Å². The predicted octanol–water partition coefficient (Wildman–Crippen LogP) is 2.66. The van der Waals surface area contributed by atoms with Gasteiger partial charge in [0, 0.05) is 48.4 Å². The number of likely N-dealkylation sites (tertiary alicyclic amines) is 1. The van der Waals surface area contributed by atoms with Crippen LogP contribution in [0.15, 0.2) is 30.5 Å². The number of fused-ring (bicyclic) bond motifs is 2. The van der Waals surface area contributed by atoms with Gasteiger partial charge in [0.15, 0.2) is 0 Å². The van der Waals surface area contributed by atoms with Gasteiger partial charge in [0.1, 0.15) is 0 Å². The number of nitrogens with zero attached hydrogens (tertiary/aromatic N) is 3. The van der Waals surface area contributed by atoms with Crippen molar-refractivity contribution >= 4 is 17.5 Å². The molecule has 2 amide bonds. The number of aryl methyl sites for hydroxylation is 1. The lowest BCUT2D eigenvalue weighted by atomic mass is 9.77. The Morgan fingerprint density at radius 1 is 1.07 bits per heavy atom. The topological polar surface area (TPSA) is 69.3 Å². The summed E-state index contributed by atoms with van der Waals surface area (Å²) in [6.07, 6.45) is 7.73. The number of aromatic nitrogens is 2. The lowest BCUT2D eigenvalue weighted by Crippen LogP contribution is -2.47. The van der Waals surface area contributed by atoms with Crippen LogP contribution < -0.4 is 4.90 Å². The minimum Gasteiger partial charge on any atom is -0.338 e. The average Bonchev–Trinajstić information content (AvgIpc) is 3.41. The van der Waals surface area contributed by atoms with Crippen LogP contribution in [-0.2, 0) is 16.6 Å². The predicted molar refractivity (Wildman–Crippen MR) is 102 cm³/mol. The van der Waals surface area contributed by atoms with Crippen molar-refractivity contribution in [2.75, 3.05) is 24.5 Å². The second kappa shape index (κ2) is 6.22. The molecule has 6 heteroatoms. The van der Waals surface area contributed by atoms with E-state index in [2.05, 4.69) is 10.2 Å². The Hall–Kier alpha value is -2.63. The molecule has 2 aromatic rings. The number of aromatic amines is 1. The number of hydrogen-bond donors (Lipinski definition) is 1. The van der Waals surface area contributed by atoms with E-state index < -0.39 is 0 Å². The molecule has 1 aromatic heterocycles. The molecule has 1 unspecified atom stereocenters. The number of amides is 2. The molecule has 0 radical (unpaired) electrons. The number of anilines is 1. The highest BCUT2D eigenvalue weighted by atomic mass is 16.2. The van der Waals surface area contributed by atoms with Crippen LogP contribution in [0.3, 0.4) is 0 Å².